The average molecular weight is 205 g/mol. The van der Waals surface area contributed by atoms with Gasteiger partial charge in [0.2, 0.25) is 0 Å². The first-order valence-corrected chi connectivity index (χ1v) is 5.55. The Bertz CT molecular complexity index is 385. The highest BCUT2D eigenvalue weighted by Crippen LogP contribution is 2.73. The molecule has 0 aromatic heterocycles. The maximum atomic E-state index is 13.3. The number of hydrogen-bond donors (Lipinski definition) is 1. The molecule has 2 bridgehead atoms. The molecule has 15 heavy (non-hydrogen) atoms. The Balaban J connectivity index is 1.90. The molecule has 0 radical (unpaired) electrons. The van der Waals surface area contributed by atoms with Gasteiger partial charge in [0.1, 0.15) is 5.82 Å². The van der Waals surface area contributed by atoms with Crippen LogP contribution in [-0.2, 0) is 5.41 Å². The predicted octanol–water partition coefficient (Wildman–Crippen LogP) is 2.51. The molecule has 1 aromatic rings. The Labute approximate surface area is 89.5 Å². The quantitative estimate of drug-likeness (QED) is 0.788. The molecule has 0 aliphatic heterocycles. The summed E-state index contributed by atoms with van der Waals surface area (Å²) in [6.07, 6.45) is 3.50. The van der Waals surface area contributed by atoms with Crippen molar-refractivity contribution in [2.75, 3.05) is 6.54 Å². The Morgan fingerprint density at radius 2 is 1.93 bits per heavy atom. The lowest BCUT2D eigenvalue weighted by Crippen LogP contribution is -2.67. The molecule has 3 aliphatic carbocycles. The molecule has 80 valence electrons. The van der Waals surface area contributed by atoms with Crippen LogP contribution in [0.25, 0.3) is 0 Å². The summed E-state index contributed by atoms with van der Waals surface area (Å²) < 4.78 is 13.3. The lowest BCUT2D eigenvalue weighted by Gasteiger charge is -2.71. The molecule has 2 heteroatoms. The van der Waals surface area contributed by atoms with Crippen LogP contribution in [0, 0.1) is 18.2 Å². The number of rotatable bonds is 2. The summed E-state index contributed by atoms with van der Waals surface area (Å²) in [6.45, 7) is 2.75. The summed E-state index contributed by atoms with van der Waals surface area (Å²) in [5.41, 5.74) is 8.64. The van der Waals surface area contributed by atoms with Gasteiger partial charge in [0.15, 0.2) is 0 Å². The van der Waals surface area contributed by atoms with Crippen molar-refractivity contribution >= 4 is 0 Å². The van der Waals surface area contributed by atoms with Crippen LogP contribution in [0.5, 0.6) is 0 Å². The van der Waals surface area contributed by atoms with Gasteiger partial charge in [-0.1, -0.05) is 6.07 Å². The molecule has 0 atom stereocenters. The number of nitrogens with two attached hydrogens (primary N) is 1. The van der Waals surface area contributed by atoms with Gasteiger partial charge < -0.3 is 5.73 Å². The van der Waals surface area contributed by atoms with Gasteiger partial charge >= 0.3 is 0 Å². The maximum Gasteiger partial charge on any atom is 0.123 e. The molecule has 0 saturated heterocycles. The minimum absolute atomic E-state index is 0.100. The average Bonchev–Trinajstić information content (AvgIpc) is 1.97. The van der Waals surface area contributed by atoms with Gasteiger partial charge in [0.25, 0.3) is 0 Å². The first kappa shape index (κ1) is 9.34. The molecule has 1 nitrogen and oxygen atoms in total. The van der Waals surface area contributed by atoms with E-state index in [1.165, 1.54) is 24.8 Å². The molecular weight excluding hydrogens is 189 g/mol. The van der Waals surface area contributed by atoms with Crippen molar-refractivity contribution in [2.24, 2.45) is 11.1 Å². The highest BCUT2D eigenvalue weighted by Gasteiger charge is 2.67. The largest absolute Gasteiger partial charge is 0.330 e. The van der Waals surface area contributed by atoms with Gasteiger partial charge in [-0.3, -0.25) is 0 Å². The Morgan fingerprint density at radius 3 is 2.47 bits per heavy atom. The van der Waals surface area contributed by atoms with E-state index < -0.39 is 0 Å². The third-order valence-corrected chi connectivity index (χ3v) is 4.23. The third-order valence-electron chi connectivity index (χ3n) is 4.23. The lowest BCUT2D eigenvalue weighted by molar-refractivity contribution is -0.132. The molecule has 0 amide bonds. The molecule has 3 fully saturated rings. The van der Waals surface area contributed by atoms with E-state index in [4.69, 9.17) is 5.73 Å². The second kappa shape index (κ2) is 2.62. The van der Waals surface area contributed by atoms with Crippen molar-refractivity contribution in [1.82, 2.24) is 0 Å². The molecule has 0 unspecified atom stereocenters. The van der Waals surface area contributed by atoms with E-state index in [0.29, 0.717) is 5.41 Å². The van der Waals surface area contributed by atoms with Gasteiger partial charge in [-0.05, 0) is 66.8 Å². The van der Waals surface area contributed by atoms with Crippen LogP contribution in [-0.4, -0.2) is 6.54 Å². The zero-order chi connectivity index (χ0) is 10.7. The fourth-order valence-corrected chi connectivity index (χ4v) is 3.56. The second-order valence-corrected chi connectivity index (χ2v) is 5.53. The van der Waals surface area contributed by atoms with E-state index in [1.807, 2.05) is 6.92 Å². The molecular formula is C13H16FN. The molecule has 3 saturated carbocycles. The first-order valence-electron chi connectivity index (χ1n) is 5.55. The van der Waals surface area contributed by atoms with Gasteiger partial charge in [-0.25, -0.2) is 4.39 Å². The van der Waals surface area contributed by atoms with Crippen molar-refractivity contribution in [3.05, 3.63) is 35.1 Å². The molecule has 0 spiro atoms. The first-order chi connectivity index (χ1) is 7.07. The van der Waals surface area contributed by atoms with E-state index in [1.54, 1.807) is 12.1 Å². The van der Waals surface area contributed by atoms with Crippen LogP contribution in [0.3, 0.4) is 0 Å². The Hall–Kier alpha value is -0.890. The van der Waals surface area contributed by atoms with Crippen LogP contribution in [0.15, 0.2) is 18.2 Å². The summed E-state index contributed by atoms with van der Waals surface area (Å²) in [5, 5.41) is 0. The van der Waals surface area contributed by atoms with Crippen LogP contribution in [0.2, 0.25) is 0 Å². The van der Waals surface area contributed by atoms with Gasteiger partial charge in [-0.15, -0.1) is 0 Å². The minimum atomic E-state index is -0.100. The number of hydrogen-bond acceptors (Lipinski definition) is 1. The lowest BCUT2D eigenvalue weighted by atomic mass is 9.33. The van der Waals surface area contributed by atoms with Gasteiger partial charge in [0.05, 0.1) is 0 Å². The van der Waals surface area contributed by atoms with E-state index >= 15 is 0 Å². The van der Waals surface area contributed by atoms with Gasteiger partial charge in [0, 0.05) is 0 Å². The van der Waals surface area contributed by atoms with E-state index in [2.05, 4.69) is 6.07 Å². The maximum absolute atomic E-state index is 13.3. The second-order valence-electron chi connectivity index (χ2n) is 5.53. The van der Waals surface area contributed by atoms with Crippen LogP contribution >= 0.6 is 0 Å². The van der Waals surface area contributed by atoms with E-state index in [0.717, 1.165) is 12.1 Å². The summed E-state index contributed by atoms with van der Waals surface area (Å²) in [4.78, 5) is 0. The summed E-state index contributed by atoms with van der Waals surface area (Å²) in [5.74, 6) is -0.100. The summed E-state index contributed by atoms with van der Waals surface area (Å²) in [7, 11) is 0. The SMILES string of the molecule is Cc1cc(F)cc(C23CC(CN)(C2)C3)c1. The highest BCUT2D eigenvalue weighted by atomic mass is 19.1. The summed E-state index contributed by atoms with van der Waals surface area (Å²) >= 11 is 0. The monoisotopic (exact) mass is 205 g/mol. The van der Waals surface area contributed by atoms with Crippen LogP contribution in [0.4, 0.5) is 4.39 Å². The van der Waals surface area contributed by atoms with E-state index in [-0.39, 0.29) is 11.2 Å². The zero-order valence-corrected chi connectivity index (χ0v) is 9.02. The highest BCUT2D eigenvalue weighted by molar-refractivity contribution is 5.40. The molecule has 0 heterocycles. The number of halogens is 1. The fourth-order valence-electron chi connectivity index (χ4n) is 3.56. The molecule has 3 aliphatic rings. The van der Waals surface area contributed by atoms with Gasteiger partial charge in [-0.2, -0.15) is 0 Å². The Morgan fingerprint density at radius 1 is 1.27 bits per heavy atom. The standard InChI is InChI=1S/C13H16FN/c1-9-2-10(4-11(14)3-9)13-5-12(6-13,7-13)8-15/h2-4H,5-8,15H2,1H3. The normalized spacial score (nSPS) is 37.0. The molecule has 4 rings (SSSR count). The van der Waals surface area contributed by atoms with Crippen molar-refractivity contribution in [1.29, 1.82) is 0 Å². The number of benzene rings is 1. The molecule has 1 aromatic carbocycles. The van der Waals surface area contributed by atoms with Crippen molar-refractivity contribution in [3.63, 3.8) is 0 Å². The third kappa shape index (κ3) is 1.11. The van der Waals surface area contributed by atoms with Crippen LogP contribution in [0.1, 0.15) is 30.4 Å². The zero-order valence-electron chi connectivity index (χ0n) is 9.02. The Kier molecular flexibility index (Phi) is 1.63. The summed E-state index contributed by atoms with van der Waals surface area (Å²) in [6, 6.07) is 5.42. The number of aryl methyl sites for hydroxylation is 1. The van der Waals surface area contributed by atoms with E-state index in [9.17, 15) is 4.39 Å². The minimum Gasteiger partial charge on any atom is -0.330 e. The molecule has 2 N–H and O–H groups in total. The van der Waals surface area contributed by atoms with Crippen molar-refractivity contribution < 1.29 is 4.39 Å². The predicted molar refractivity (Wildman–Crippen MR) is 58.2 cm³/mol. The smallest absolute Gasteiger partial charge is 0.123 e. The topological polar surface area (TPSA) is 26.0 Å². The fraction of sp³-hybridized carbons (Fsp3) is 0.538. The van der Waals surface area contributed by atoms with Crippen LogP contribution < -0.4 is 5.73 Å². The van der Waals surface area contributed by atoms with Crippen molar-refractivity contribution in [3.8, 4) is 0 Å². The van der Waals surface area contributed by atoms with Crippen molar-refractivity contribution in [2.45, 2.75) is 31.6 Å².